The van der Waals surface area contributed by atoms with Gasteiger partial charge in [-0.2, -0.15) is 0 Å². The topological polar surface area (TPSA) is 94.2 Å². The van der Waals surface area contributed by atoms with E-state index in [0.717, 1.165) is 11.3 Å². The van der Waals surface area contributed by atoms with Crippen LogP contribution in [0.2, 0.25) is 0 Å². The number of hydrogen-bond acceptors (Lipinski definition) is 6. The van der Waals surface area contributed by atoms with E-state index in [2.05, 4.69) is 5.32 Å². The van der Waals surface area contributed by atoms with Gasteiger partial charge in [-0.05, 0) is 38.5 Å². The number of hydrogen-bond donors (Lipinski definition) is 1. The monoisotopic (exact) mass is 364 g/mol. The van der Waals surface area contributed by atoms with Gasteiger partial charge in [-0.1, -0.05) is 6.92 Å². The molecule has 0 spiro atoms. The lowest BCUT2D eigenvalue weighted by molar-refractivity contribution is -0.136. The summed E-state index contributed by atoms with van der Waals surface area (Å²) in [5.41, 5.74) is 0.239. The van der Waals surface area contributed by atoms with Gasteiger partial charge in [0.25, 0.3) is 5.91 Å². The number of carbonyl (C=O) groups excluding carboxylic acids is 3. The summed E-state index contributed by atoms with van der Waals surface area (Å²) < 4.78 is 16.3. The molecule has 1 aliphatic rings. The fourth-order valence-corrected chi connectivity index (χ4v) is 2.41. The van der Waals surface area contributed by atoms with Crippen molar-refractivity contribution in [3.05, 3.63) is 23.8 Å². The zero-order valence-electron chi connectivity index (χ0n) is 15.2. The molecule has 0 aromatic heterocycles. The summed E-state index contributed by atoms with van der Waals surface area (Å²) in [6.45, 7) is 6.86. The third-order valence-corrected chi connectivity index (χ3v) is 3.70. The number of carbonyl (C=O) groups is 3. The molecule has 1 saturated heterocycles. The molecular formula is C18H24N2O6. The van der Waals surface area contributed by atoms with Crippen molar-refractivity contribution < 1.29 is 28.6 Å². The van der Waals surface area contributed by atoms with Gasteiger partial charge in [-0.15, -0.1) is 0 Å². The van der Waals surface area contributed by atoms with E-state index in [1.807, 2.05) is 13.8 Å². The third-order valence-electron chi connectivity index (χ3n) is 3.70. The number of imide groups is 1. The van der Waals surface area contributed by atoms with Gasteiger partial charge in [-0.25, -0.2) is 9.59 Å². The minimum absolute atomic E-state index is 0.239. The van der Waals surface area contributed by atoms with Crippen LogP contribution in [-0.2, 0) is 9.53 Å². The van der Waals surface area contributed by atoms with Crippen molar-refractivity contribution in [1.82, 2.24) is 10.2 Å². The Morgan fingerprint density at radius 2 is 2.00 bits per heavy atom. The lowest BCUT2D eigenvalue weighted by Crippen LogP contribution is -2.41. The Bertz CT molecular complexity index is 676. The molecule has 0 bridgehead atoms. The molecule has 0 saturated carbocycles. The number of nitrogens with one attached hydrogen (secondary N) is 1. The Hall–Kier alpha value is -2.77. The minimum atomic E-state index is -1.07. The number of amides is 3. The minimum Gasteiger partial charge on any atom is -0.490 e. The van der Waals surface area contributed by atoms with Crippen molar-refractivity contribution in [1.29, 1.82) is 0 Å². The average molecular weight is 364 g/mol. The maximum atomic E-state index is 12.3. The highest BCUT2D eigenvalue weighted by Crippen LogP contribution is 2.29. The zero-order valence-corrected chi connectivity index (χ0v) is 15.2. The van der Waals surface area contributed by atoms with Gasteiger partial charge in [0.05, 0.1) is 18.8 Å². The first-order valence-electron chi connectivity index (χ1n) is 8.67. The molecule has 0 aliphatic carbocycles. The molecule has 2 rings (SSSR count). The number of ether oxygens (including phenoxy) is 3. The number of benzene rings is 1. The van der Waals surface area contributed by atoms with Crippen LogP contribution in [0.15, 0.2) is 18.2 Å². The number of esters is 1. The molecule has 0 unspecified atom stereocenters. The first-order valence-corrected chi connectivity index (χ1v) is 8.67. The largest absolute Gasteiger partial charge is 0.490 e. The Labute approximate surface area is 152 Å². The lowest BCUT2D eigenvalue weighted by atomic mass is 10.2. The van der Waals surface area contributed by atoms with Crippen LogP contribution in [0.5, 0.6) is 11.5 Å². The van der Waals surface area contributed by atoms with E-state index in [9.17, 15) is 14.4 Å². The van der Waals surface area contributed by atoms with Gasteiger partial charge in [0.2, 0.25) is 0 Å². The molecule has 1 aliphatic heterocycles. The Morgan fingerprint density at radius 3 is 2.62 bits per heavy atom. The average Bonchev–Trinajstić information content (AvgIpc) is 3.06. The molecule has 8 heteroatoms. The van der Waals surface area contributed by atoms with E-state index in [4.69, 9.17) is 14.2 Å². The van der Waals surface area contributed by atoms with Crippen molar-refractivity contribution in [3.8, 4) is 11.5 Å². The van der Waals surface area contributed by atoms with Gasteiger partial charge in [0.1, 0.15) is 0 Å². The maximum Gasteiger partial charge on any atom is 0.339 e. The Morgan fingerprint density at radius 1 is 1.23 bits per heavy atom. The van der Waals surface area contributed by atoms with E-state index >= 15 is 0 Å². The zero-order chi connectivity index (χ0) is 19.1. The first-order chi connectivity index (χ1) is 12.5. The quantitative estimate of drug-likeness (QED) is 0.709. The molecule has 3 amide bonds. The van der Waals surface area contributed by atoms with Gasteiger partial charge in [0.15, 0.2) is 17.6 Å². The fraction of sp³-hybridized carbons (Fsp3) is 0.500. The predicted molar refractivity (Wildman–Crippen MR) is 93.4 cm³/mol. The van der Waals surface area contributed by atoms with Crippen molar-refractivity contribution in [2.24, 2.45) is 0 Å². The number of nitrogens with zero attached hydrogens (tertiary/aromatic N) is 1. The summed E-state index contributed by atoms with van der Waals surface area (Å²) in [5.74, 6) is -0.244. The summed E-state index contributed by atoms with van der Waals surface area (Å²) in [5, 5.41) is 2.53. The van der Waals surface area contributed by atoms with Crippen LogP contribution in [-0.4, -0.2) is 55.2 Å². The summed E-state index contributed by atoms with van der Waals surface area (Å²) in [7, 11) is 0. The molecule has 1 heterocycles. The van der Waals surface area contributed by atoms with Crippen LogP contribution in [0, 0.1) is 0 Å². The molecule has 1 atom stereocenters. The second-order valence-electron chi connectivity index (χ2n) is 5.71. The Kier molecular flexibility index (Phi) is 6.82. The van der Waals surface area contributed by atoms with E-state index < -0.39 is 24.0 Å². The molecule has 142 valence electrons. The molecule has 1 fully saturated rings. The number of urea groups is 1. The highest BCUT2D eigenvalue weighted by Gasteiger charge is 2.31. The van der Waals surface area contributed by atoms with Gasteiger partial charge < -0.3 is 19.5 Å². The number of rotatable bonds is 8. The summed E-state index contributed by atoms with van der Waals surface area (Å²) in [6, 6.07) is 4.23. The fourth-order valence-electron chi connectivity index (χ4n) is 2.41. The van der Waals surface area contributed by atoms with Crippen LogP contribution >= 0.6 is 0 Å². The van der Waals surface area contributed by atoms with Crippen molar-refractivity contribution >= 4 is 17.9 Å². The standard InChI is InChI=1S/C18H24N2O6/c1-4-10-25-14-7-6-13(11-15(14)24-5-2)17(22)26-12(3)16(21)20-9-8-19-18(20)23/h6-7,11-12H,4-5,8-10H2,1-3H3,(H,19,23)/t12-/m0/s1. The van der Waals surface area contributed by atoms with Gasteiger partial charge in [0, 0.05) is 13.1 Å². The van der Waals surface area contributed by atoms with Crippen LogP contribution in [0.25, 0.3) is 0 Å². The normalized spacial score (nSPS) is 14.6. The smallest absolute Gasteiger partial charge is 0.339 e. The van der Waals surface area contributed by atoms with E-state index in [-0.39, 0.29) is 12.1 Å². The highest BCUT2D eigenvalue weighted by atomic mass is 16.5. The predicted octanol–water partition coefficient (Wildman–Crippen LogP) is 1.97. The van der Waals surface area contributed by atoms with E-state index in [1.54, 1.807) is 12.1 Å². The molecule has 0 radical (unpaired) electrons. The molecule has 1 aromatic carbocycles. The second-order valence-corrected chi connectivity index (χ2v) is 5.71. The third kappa shape index (κ3) is 4.65. The molecule has 1 N–H and O–H groups in total. The van der Waals surface area contributed by atoms with Crippen molar-refractivity contribution in [2.75, 3.05) is 26.3 Å². The van der Waals surface area contributed by atoms with Gasteiger partial charge in [-0.3, -0.25) is 9.69 Å². The lowest BCUT2D eigenvalue weighted by Gasteiger charge is -2.18. The maximum absolute atomic E-state index is 12.3. The molecule has 1 aromatic rings. The van der Waals surface area contributed by atoms with Crippen LogP contribution in [0.3, 0.4) is 0 Å². The summed E-state index contributed by atoms with van der Waals surface area (Å²) in [4.78, 5) is 37.1. The Balaban J connectivity index is 2.07. The van der Waals surface area contributed by atoms with Gasteiger partial charge >= 0.3 is 12.0 Å². The van der Waals surface area contributed by atoms with E-state index in [1.165, 1.54) is 13.0 Å². The molecule has 8 nitrogen and oxygen atoms in total. The van der Waals surface area contributed by atoms with Crippen molar-refractivity contribution in [3.63, 3.8) is 0 Å². The first kappa shape index (κ1) is 19.6. The van der Waals surface area contributed by atoms with Crippen molar-refractivity contribution in [2.45, 2.75) is 33.3 Å². The molecular weight excluding hydrogens is 340 g/mol. The molecule has 26 heavy (non-hydrogen) atoms. The summed E-state index contributed by atoms with van der Waals surface area (Å²) in [6.07, 6.45) is -0.225. The van der Waals surface area contributed by atoms with E-state index in [0.29, 0.717) is 31.3 Å². The summed E-state index contributed by atoms with van der Waals surface area (Å²) >= 11 is 0. The van der Waals surface area contributed by atoms with Crippen LogP contribution in [0.1, 0.15) is 37.6 Å². The highest BCUT2D eigenvalue weighted by molar-refractivity contribution is 5.99. The van der Waals surface area contributed by atoms with Crippen LogP contribution < -0.4 is 14.8 Å². The second kappa shape index (κ2) is 9.07. The van der Waals surface area contributed by atoms with Crippen LogP contribution in [0.4, 0.5) is 4.79 Å². The SMILES string of the molecule is CCCOc1ccc(C(=O)O[C@@H](C)C(=O)N2CCNC2=O)cc1OCC.